The van der Waals surface area contributed by atoms with E-state index < -0.39 is 5.97 Å². The molecule has 0 spiro atoms. The zero-order valence-corrected chi connectivity index (χ0v) is 11.5. The van der Waals surface area contributed by atoms with Crippen molar-refractivity contribution in [1.29, 1.82) is 0 Å². The average Bonchev–Trinajstić information content (AvgIpc) is 3.30. The summed E-state index contributed by atoms with van der Waals surface area (Å²) in [5, 5.41) is 12.6. The van der Waals surface area contributed by atoms with Crippen molar-refractivity contribution in [2.45, 2.75) is 25.3 Å². The first kappa shape index (κ1) is 13.5. The number of nitrogens with one attached hydrogen (secondary N) is 1. The molecular formula is C16H16N2O3. The van der Waals surface area contributed by atoms with E-state index in [1.807, 2.05) is 12.1 Å². The number of carboxylic acid groups (broad SMARTS) is 1. The number of amides is 1. The topological polar surface area (TPSA) is 79.3 Å². The second-order valence-corrected chi connectivity index (χ2v) is 5.39. The van der Waals surface area contributed by atoms with Crippen LogP contribution in [0.15, 0.2) is 36.5 Å². The van der Waals surface area contributed by atoms with Gasteiger partial charge < -0.3 is 10.4 Å². The van der Waals surface area contributed by atoms with Gasteiger partial charge in [-0.05, 0) is 37.0 Å². The van der Waals surface area contributed by atoms with Crippen molar-refractivity contribution in [3.63, 3.8) is 0 Å². The molecule has 0 radical (unpaired) electrons. The first-order valence-electron chi connectivity index (χ1n) is 7.01. The van der Waals surface area contributed by atoms with Crippen LogP contribution in [-0.4, -0.2) is 28.0 Å². The fourth-order valence-electron chi connectivity index (χ4n) is 2.57. The summed E-state index contributed by atoms with van der Waals surface area (Å²) in [6.45, 7) is 0. The molecule has 2 aromatic rings. The number of rotatable bonds is 5. The molecular weight excluding hydrogens is 268 g/mol. The zero-order chi connectivity index (χ0) is 14.8. The Balaban J connectivity index is 1.84. The van der Waals surface area contributed by atoms with Crippen LogP contribution in [0.2, 0.25) is 0 Å². The number of pyridine rings is 1. The minimum absolute atomic E-state index is 0.0284. The maximum atomic E-state index is 12.5. The molecule has 21 heavy (non-hydrogen) atoms. The van der Waals surface area contributed by atoms with Crippen LogP contribution in [0.1, 0.15) is 29.6 Å². The molecule has 2 N–H and O–H groups in total. The monoisotopic (exact) mass is 284 g/mol. The Hall–Kier alpha value is -2.43. The van der Waals surface area contributed by atoms with Gasteiger partial charge in [0.1, 0.15) is 0 Å². The Morgan fingerprint density at radius 3 is 2.81 bits per heavy atom. The van der Waals surface area contributed by atoms with Crippen molar-refractivity contribution >= 4 is 22.8 Å². The standard InChI is InChI=1S/C16H16N2O3/c19-15(20)9-14(10-6-7-10)18-16(21)12-3-1-5-13-11(12)4-2-8-17-13/h1-5,8,10,14H,6-7,9H2,(H,18,21)(H,19,20). The van der Waals surface area contributed by atoms with Crippen molar-refractivity contribution in [3.8, 4) is 0 Å². The molecule has 1 aliphatic carbocycles. The van der Waals surface area contributed by atoms with E-state index in [2.05, 4.69) is 10.3 Å². The van der Waals surface area contributed by atoms with Crippen LogP contribution in [-0.2, 0) is 4.79 Å². The third-order valence-electron chi connectivity index (χ3n) is 3.79. The SMILES string of the molecule is O=C(O)CC(NC(=O)c1cccc2ncccc12)C1CC1. The number of carbonyl (C=O) groups excluding carboxylic acids is 1. The maximum Gasteiger partial charge on any atom is 0.305 e. The van der Waals surface area contributed by atoms with E-state index in [4.69, 9.17) is 5.11 Å². The van der Waals surface area contributed by atoms with Gasteiger partial charge in [-0.1, -0.05) is 12.1 Å². The highest BCUT2D eigenvalue weighted by Crippen LogP contribution is 2.34. The Kier molecular flexibility index (Phi) is 3.56. The van der Waals surface area contributed by atoms with Crippen molar-refractivity contribution in [2.75, 3.05) is 0 Å². The van der Waals surface area contributed by atoms with Gasteiger partial charge in [-0.15, -0.1) is 0 Å². The zero-order valence-electron chi connectivity index (χ0n) is 11.5. The van der Waals surface area contributed by atoms with Crippen LogP contribution in [0.4, 0.5) is 0 Å². The average molecular weight is 284 g/mol. The van der Waals surface area contributed by atoms with E-state index in [0.29, 0.717) is 5.56 Å². The quantitative estimate of drug-likeness (QED) is 0.882. The summed E-state index contributed by atoms with van der Waals surface area (Å²) >= 11 is 0. The van der Waals surface area contributed by atoms with E-state index >= 15 is 0 Å². The van der Waals surface area contributed by atoms with E-state index in [0.717, 1.165) is 23.7 Å². The molecule has 1 amide bonds. The molecule has 1 heterocycles. The molecule has 0 saturated heterocycles. The Morgan fingerprint density at radius 1 is 1.29 bits per heavy atom. The largest absolute Gasteiger partial charge is 0.481 e. The fraction of sp³-hybridized carbons (Fsp3) is 0.312. The molecule has 5 nitrogen and oxygen atoms in total. The second kappa shape index (κ2) is 5.52. The predicted molar refractivity (Wildman–Crippen MR) is 78.0 cm³/mol. The molecule has 1 fully saturated rings. The summed E-state index contributed by atoms with van der Waals surface area (Å²) < 4.78 is 0. The van der Waals surface area contributed by atoms with Gasteiger partial charge in [0.2, 0.25) is 0 Å². The number of aliphatic carboxylic acids is 1. The molecule has 1 unspecified atom stereocenters. The Bertz CT molecular complexity index is 689. The first-order chi connectivity index (χ1) is 10.1. The number of aromatic nitrogens is 1. The van der Waals surface area contributed by atoms with E-state index in [-0.39, 0.29) is 24.3 Å². The van der Waals surface area contributed by atoms with Crippen LogP contribution in [0, 0.1) is 5.92 Å². The van der Waals surface area contributed by atoms with Crippen LogP contribution in [0.3, 0.4) is 0 Å². The van der Waals surface area contributed by atoms with Crippen molar-refractivity contribution in [1.82, 2.24) is 10.3 Å². The van der Waals surface area contributed by atoms with Gasteiger partial charge in [0.25, 0.3) is 5.91 Å². The highest BCUT2D eigenvalue weighted by atomic mass is 16.4. The number of fused-ring (bicyclic) bond motifs is 1. The normalized spacial score (nSPS) is 15.6. The lowest BCUT2D eigenvalue weighted by Gasteiger charge is -2.16. The van der Waals surface area contributed by atoms with Crippen LogP contribution >= 0.6 is 0 Å². The molecule has 5 heteroatoms. The first-order valence-corrected chi connectivity index (χ1v) is 7.01. The molecule has 3 rings (SSSR count). The summed E-state index contributed by atoms with van der Waals surface area (Å²) in [7, 11) is 0. The molecule has 1 aromatic carbocycles. The third kappa shape index (κ3) is 3.02. The predicted octanol–water partition coefficient (Wildman–Crippen LogP) is 2.22. The fourth-order valence-corrected chi connectivity index (χ4v) is 2.57. The molecule has 1 saturated carbocycles. The molecule has 0 aliphatic heterocycles. The van der Waals surface area contributed by atoms with Crippen molar-refractivity contribution in [2.24, 2.45) is 5.92 Å². The van der Waals surface area contributed by atoms with E-state index in [1.54, 1.807) is 24.4 Å². The third-order valence-corrected chi connectivity index (χ3v) is 3.79. The van der Waals surface area contributed by atoms with Crippen LogP contribution in [0.25, 0.3) is 10.9 Å². The van der Waals surface area contributed by atoms with Crippen molar-refractivity contribution < 1.29 is 14.7 Å². The lowest BCUT2D eigenvalue weighted by Crippen LogP contribution is -2.38. The summed E-state index contributed by atoms with van der Waals surface area (Å²) in [6, 6.07) is 8.72. The maximum absolute atomic E-state index is 12.5. The molecule has 0 bridgehead atoms. The summed E-state index contributed by atoms with van der Waals surface area (Å²) in [5.74, 6) is -0.823. The Morgan fingerprint density at radius 2 is 2.10 bits per heavy atom. The van der Waals surface area contributed by atoms with Gasteiger partial charge in [-0.3, -0.25) is 14.6 Å². The number of hydrogen-bond acceptors (Lipinski definition) is 3. The highest BCUT2D eigenvalue weighted by Gasteiger charge is 2.34. The second-order valence-electron chi connectivity index (χ2n) is 5.39. The minimum Gasteiger partial charge on any atom is -0.481 e. The van der Waals surface area contributed by atoms with Gasteiger partial charge in [0, 0.05) is 23.2 Å². The number of benzene rings is 1. The Labute approximate surface area is 122 Å². The molecule has 1 aliphatic rings. The van der Waals surface area contributed by atoms with Crippen LogP contribution < -0.4 is 5.32 Å². The summed E-state index contributed by atoms with van der Waals surface area (Å²) in [5.41, 5.74) is 1.29. The lowest BCUT2D eigenvalue weighted by molar-refractivity contribution is -0.137. The van der Waals surface area contributed by atoms with Gasteiger partial charge >= 0.3 is 5.97 Å². The number of carbonyl (C=O) groups is 2. The molecule has 108 valence electrons. The number of carboxylic acids is 1. The summed E-state index contributed by atoms with van der Waals surface area (Å²) in [4.78, 5) is 27.6. The number of hydrogen-bond donors (Lipinski definition) is 2. The van der Waals surface area contributed by atoms with Gasteiger partial charge in [0.15, 0.2) is 0 Å². The van der Waals surface area contributed by atoms with Crippen molar-refractivity contribution in [3.05, 3.63) is 42.1 Å². The van der Waals surface area contributed by atoms with Gasteiger partial charge in [0.05, 0.1) is 11.9 Å². The lowest BCUT2D eigenvalue weighted by atomic mass is 10.1. The van der Waals surface area contributed by atoms with Gasteiger partial charge in [-0.25, -0.2) is 0 Å². The minimum atomic E-state index is -0.883. The molecule has 1 aromatic heterocycles. The summed E-state index contributed by atoms with van der Waals surface area (Å²) in [6.07, 6.45) is 3.62. The van der Waals surface area contributed by atoms with E-state index in [1.165, 1.54) is 0 Å². The number of nitrogens with zero attached hydrogens (tertiary/aromatic N) is 1. The highest BCUT2D eigenvalue weighted by molar-refractivity contribution is 6.06. The smallest absolute Gasteiger partial charge is 0.305 e. The molecule has 1 atom stereocenters. The van der Waals surface area contributed by atoms with E-state index in [9.17, 15) is 9.59 Å². The van der Waals surface area contributed by atoms with Gasteiger partial charge in [-0.2, -0.15) is 0 Å². The van der Waals surface area contributed by atoms with Crippen LogP contribution in [0.5, 0.6) is 0 Å².